The minimum absolute atomic E-state index is 0. The summed E-state index contributed by atoms with van der Waals surface area (Å²) in [6, 6.07) is 3.93. The molecule has 0 unspecified atom stereocenters. The van der Waals surface area contributed by atoms with Gasteiger partial charge in [0.05, 0.1) is 0 Å². The third-order valence-corrected chi connectivity index (χ3v) is 3.16. The van der Waals surface area contributed by atoms with Crippen molar-refractivity contribution in [3.05, 3.63) is 22.6 Å². The number of furan rings is 1. The maximum atomic E-state index is 11.6. The summed E-state index contributed by atoms with van der Waals surface area (Å²) < 4.78 is 5.74. The first-order valence-corrected chi connectivity index (χ1v) is 6.32. The van der Waals surface area contributed by atoms with Crippen molar-refractivity contribution in [3.8, 4) is 0 Å². The molecule has 1 amide bonds. The van der Waals surface area contributed by atoms with E-state index in [1.807, 2.05) is 0 Å². The molecule has 1 fully saturated rings. The maximum Gasteiger partial charge on any atom is 0.287 e. The van der Waals surface area contributed by atoms with Crippen LogP contribution in [0.1, 0.15) is 29.8 Å². The average molecular weight is 324 g/mol. The number of halogens is 2. The largest absolute Gasteiger partial charge is 0.444 e. The second-order valence-electron chi connectivity index (χ2n) is 3.94. The van der Waals surface area contributed by atoms with Gasteiger partial charge in [-0.25, -0.2) is 0 Å². The van der Waals surface area contributed by atoms with Crippen molar-refractivity contribution in [3.63, 3.8) is 0 Å². The number of nitrogens with one attached hydrogen (secondary N) is 2. The summed E-state index contributed by atoms with van der Waals surface area (Å²) in [6.07, 6.45) is 3.43. The standard InChI is InChI=1S/C11H15BrN2O2.ClH/c12-10-4-3-9(16-10)11(15)14-7-5-8-2-1-6-13-8;/h3-4,8,13H,1-2,5-7H2,(H,14,15);1H/t8-;/m1./s1. The van der Waals surface area contributed by atoms with Crippen LogP contribution in [-0.2, 0) is 0 Å². The summed E-state index contributed by atoms with van der Waals surface area (Å²) in [5.74, 6) is 0.204. The number of carbonyl (C=O) groups excluding carboxylic acids is 1. The topological polar surface area (TPSA) is 54.3 Å². The highest BCUT2D eigenvalue weighted by atomic mass is 79.9. The summed E-state index contributed by atoms with van der Waals surface area (Å²) >= 11 is 3.17. The van der Waals surface area contributed by atoms with Gasteiger partial charge in [0, 0.05) is 12.6 Å². The molecule has 1 saturated heterocycles. The monoisotopic (exact) mass is 322 g/mol. The first-order valence-electron chi connectivity index (χ1n) is 5.52. The molecule has 96 valence electrons. The molecule has 4 nitrogen and oxygen atoms in total. The van der Waals surface area contributed by atoms with Gasteiger partial charge in [-0.2, -0.15) is 0 Å². The van der Waals surface area contributed by atoms with Crippen LogP contribution in [0.25, 0.3) is 0 Å². The quantitative estimate of drug-likeness (QED) is 0.894. The zero-order valence-electron chi connectivity index (χ0n) is 9.37. The highest BCUT2D eigenvalue weighted by Gasteiger charge is 2.14. The van der Waals surface area contributed by atoms with Crippen molar-refractivity contribution >= 4 is 34.2 Å². The lowest BCUT2D eigenvalue weighted by Crippen LogP contribution is -2.30. The minimum atomic E-state index is -0.149. The Labute approximate surface area is 115 Å². The van der Waals surface area contributed by atoms with Crippen LogP contribution in [0.2, 0.25) is 0 Å². The zero-order chi connectivity index (χ0) is 11.4. The number of amides is 1. The van der Waals surface area contributed by atoms with E-state index in [0.29, 0.717) is 23.0 Å². The molecule has 0 radical (unpaired) electrons. The summed E-state index contributed by atoms with van der Waals surface area (Å²) in [4.78, 5) is 11.6. The molecule has 2 N–H and O–H groups in total. The molecule has 0 aromatic carbocycles. The van der Waals surface area contributed by atoms with Gasteiger partial charge in [-0.05, 0) is 53.9 Å². The normalized spacial score (nSPS) is 18.8. The Kier molecular flexibility index (Phi) is 6.02. The van der Waals surface area contributed by atoms with Crippen molar-refractivity contribution < 1.29 is 9.21 Å². The van der Waals surface area contributed by atoms with Crippen LogP contribution in [0.4, 0.5) is 0 Å². The summed E-state index contributed by atoms with van der Waals surface area (Å²) in [7, 11) is 0. The van der Waals surface area contributed by atoms with Gasteiger partial charge in [0.2, 0.25) is 0 Å². The summed E-state index contributed by atoms with van der Waals surface area (Å²) in [5, 5.41) is 6.24. The van der Waals surface area contributed by atoms with Gasteiger partial charge in [0.1, 0.15) is 0 Å². The second-order valence-corrected chi connectivity index (χ2v) is 4.72. The maximum absolute atomic E-state index is 11.6. The van der Waals surface area contributed by atoms with Crippen molar-refractivity contribution in [1.29, 1.82) is 0 Å². The molecule has 1 aromatic heterocycles. The van der Waals surface area contributed by atoms with E-state index >= 15 is 0 Å². The molecule has 17 heavy (non-hydrogen) atoms. The fourth-order valence-corrected chi connectivity index (χ4v) is 2.19. The van der Waals surface area contributed by atoms with E-state index in [1.165, 1.54) is 12.8 Å². The third kappa shape index (κ3) is 4.33. The van der Waals surface area contributed by atoms with Crippen LogP contribution >= 0.6 is 28.3 Å². The molecule has 2 heterocycles. The fourth-order valence-electron chi connectivity index (χ4n) is 1.89. The minimum Gasteiger partial charge on any atom is -0.444 e. The van der Waals surface area contributed by atoms with Crippen LogP contribution in [0.5, 0.6) is 0 Å². The van der Waals surface area contributed by atoms with E-state index in [4.69, 9.17) is 4.42 Å². The van der Waals surface area contributed by atoms with Gasteiger partial charge in [-0.3, -0.25) is 4.79 Å². The lowest BCUT2D eigenvalue weighted by Gasteiger charge is -2.09. The number of hydrogen-bond acceptors (Lipinski definition) is 3. The number of hydrogen-bond donors (Lipinski definition) is 2. The first-order chi connectivity index (χ1) is 7.75. The van der Waals surface area contributed by atoms with Crippen LogP contribution in [0.3, 0.4) is 0 Å². The van der Waals surface area contributed by atoms with Crippen molar-refractivity contribution in [2.75, 3.05) is 13.1 Å². The molecule has 1 aliphatic heterocycles. The van der Waals surface area contributed by atoms with E-state index in [2.05, 4.69) is 26.6 Å². The van der Waals surface area contributed by atoms with Gasteiger partial charge in [-0.15, -0.1) is 12.4 Å². The molecule has 0 saturated carbocycles. The molecule has 0 bridgehead atoms. The average Bonchev–Trinajstić information content (AvgIpc) is 2.89. The Bertz CT molecular complexity index is 364. The van der Waals surface area contributed by atoms with Crippen LogP contribution in [0, 0.1) is 0 Å². The van der Waals surface area contributed by atoms with Crippen molar-refractivity contribution in [1.82, 2.24) is 10.6 Å². The SMILES string of the molecule is Cl.O=C(NCC[C@H]1CCCN1)c1ccc(Br)o1. The Morgan fingerprint density at radius 2 is 2.41 bits per heavy atom. The van der Waals surface area contributed by atoms with Crippen LogP contribution < -0.4 is 10.6 Å². The lowest BCUT2D eigenvalue weighted by atomic mass is 10.1. The Morgan fingerprint density at radius 3 is 3.00 bits per heavy atom. The molecule has 0 aliphatic carbocycles. The smallest absolute Gasteiger partial charge is 0.287 e. The van der Waals surface area contributed by atoms with Crippen LogP contribution in [-0.4, -0.2) is 25.0 Å². The summed E-state index contributed by atoms with van der Waals surface area (Å²) in [6.45, 7) is 1.79. The summed E-state index contributed by atoms with van der Waals surface area (Å²) in [5.41, 5.74) is 0. The van der Waals surface area contributed by atoms with Gasteiger partial charge < -0.3 is 15.1 Å². The predicted molar refractivity (Wildman–Crippen MR) is 71.6 cm³/mol. The van der Waals surface area contributed by atoms with Gasteiger partial charge in [0.25, 0.3) is 5.91 Å². The molecule has 1 aromatic rings. The van der Waals surface area contributed by atoms with E-state index in [1.54, 1.807) is 12.1 Å². The van der Waals surface area contributed by atoms with E-state index < -0.39 is 0 Å². The molecule has 1 aliphatic rings. The molecule has 6 heteroatoms. The van der Waals surface area contributed by atoms with E-state index in [9.17, 15) is 4.79 Å². The number of carbonyl (C=O) groups is 1. The molecule has 1 atom stereocenters. The van der Waals surface area contributed by atoms with Crippen molar-refractivity contribution in [2.45, 2.75) is 25.3 Å². The van der Waals surface area contributed by atoms with Crippen LogP contribution in [0.15, 0.2) is 21.2 Å². The molecule has 0 spiro atoms. The van der Waals surface area contributed by atoms with Gasteiger partial charge >= 0.3 is 0 Å². The second kappa shape index (κ2) is 7.03. The highest BCUT2D eigenvalue weighted by Crippen LogP contribution is 2.14. The molecular weight excluding hydrogens is 307 g/mol. The predicted octanol–water partition coefficient (Wildman–Crippen LogP) is 2.34. The Balaban J connectivity index is 0.00000144. The highest BCUT2D eigenvalue weighted by molar-refractivity contribution is 9.10. The van der Waals surface area contributed by atoms with E-state index in [0.717, 1.165) is 13.0 Å². The van der Waals surface area contributed by atoms with Gasteiger partial charge in [-0.1, -0.05) is 0 Å². The first kappa shape index (κ1) is 14.5. The lowest BCUT2D eigenvalue weighted by molar-refractivity contribution is 0.0923. The van der Waals surface area contributed by atoms with Gasteiger partial charge in [0.15, 0.2) is 10.4 Å². The molecular formula is C11H16BrClN2O2. The molecule has 2 rings (SSSR count). The third-order valence-electron chi connectivity index (χ3n) is 2.74. The van der Waals surface area contributed by atoms with Crippen molar-refractivity contribution in [2.24, 2.45) is 0 Å². The Morgan fingerprint density at radius 1 is 1.59 bits per heavy atom. The zero-order valence-corrected chi connectivity index (χ0v) is 11.8. The fraction of sp³-hybridized carbons (Fsp3) is 0.545. The Hall–Kier alpha value is -0.520. The number of rotatable bonds is 4. The van der Waals surface area contributed by atoms with E-state index in [-0.39, 0.29) is 18.3 Å².